The molecule has 1 aliphatic carbocycles. The van der Waals surface area contributed by atoms with Gasteiger partial charge in [0.2, 0.25) is 11.8 Å². The number of allylic oxidation sites excluding steroid dienone is 1. The molecule has 3 aromatic heterocycles. The molecule has 0 saturated carbocycles. The van der Waals surface area contributed by atoms with Gasteiger partial charge < -0.3 is 4.42 Å². The highest BCUT2D eigenvalue weighted by Crippen LogP contribution is 2.36. The van der Waals surface area contributed by atoms with Crippen molar-refractivity contribution >= 4 is 33.3 Å². The lowest BCUT2D eigenvalue weighted by Crippen LogP contribution is -2.23. The normalized spacial score (nSPS) is 16.6. The van der Waals surface area contributed by atoms with Crippen molar-refractivity contribution in [3.8, 4) is 0 Å². The Morgan fingerprint density at radius 1 is 1.43 bits per heavy atom. The van der Waals surface area contributed by atoms with Gasteiger partial charge in [0.05, 0.1) is 11.1 Å². The van der Waals surface area contributed by atoms with E-state index in [9.17, 15) is 4.79 Å². The Morgan fingerprint density at radius 3 is 2.96 bits per heavy atom. The average molecular weight is 417 g/mol. The molecule has 0 aliphatic heterocycles. The molecule has 0 spiro atoms. The van der Waals surface area contributed by atoms with Crippen molar-refractivity contribution in [2.24, 2.45) is 5.92 Å². The standard InChI is InChI=1S/C20H24N4O2S2/c1-5-8-24-19(25)16-13-7-6-12(4)9-14(13)28-18(16)21-20(24)27-10-15-22-23-17(26-15)11(2)3/h5,11-12H,1,6-10H2,2-4H3. The van der Waals surface area contributed by atoms with Crippen LogP contribution in [0.2, 0.25) is 0 Å². The minimum absolute atomic E-state index is 0.0350. The highest BCUT2D eigenvalue weighted by Gasteiger charge is 2.24. The van der Waals surface area contributed by atoms with Gasteiger partial charge in [-0.25, -0.2) is 4.98 Å². The van der Waals surface area contributed by atoms with Crippen LogP contribution >= 0.6 is 23.1 Å². The zero-order chi connectivity index (χ0) is 19.8. The van der Waals surface area contributed by atoms with Crippen LogP contribution in [-0.4, -0.2) is 19.7 Å². The summed E-state index contributed by atoms with van der Waals surface area (Å²) >= 11 is 3.13. The third-order valence-electron chi connectivity index (χ3n) is 4.99. The number of hydrogen-bond donors (Lipinski definition) is 0. The molecule has 4 rings (SSSR count). The van der Waals surface area contributed by atoms with E-state index >= 15 is 0 Å². The topological polar surface area (TPSA) is 73.8 Å². The summed E-state index contributed by atoms with van der Waals surface area (Å²) in [5.74, 6) is 2.52. The van der Waals surface area contributed by atoms with Crippen LogP contribution in [0.5, 0.6) is 0 Å². The number of aryl methyl sites for hydroxylation is 1. The Bertz CT molecular complexity index is 1080. The van der Waals surface area contributed by atoms with Gasteiger partial charge >= 0.3 is 0 Å². The molecule has 0 aromatic carbocycles. The molecule has 3 aromatic rings. The van der Waals surface area contributed by atoms with Crippen LogP contribution in [0, 0.1) is 5.92 Å². The molecule has 1 atom stereocenters. The molecular formula is C20H24N4O2S2. The predicted molar refractivity (Wildman–Crippen MR) is 113 cm³/mol. The van der Waals surface area contributed by atoms with Gasteiger partial charge in [0.15, 0.2) is 5.16 Å². The molecule has 0 bridgehead atoms. The third kappa shape index (κ3) is 3.55. The Labute approximate surface area is 172 Å². The second-order valence-corrected chi connectivity index (χ2v) is 9.63. The molecule has 28 heavy (non-hydrogen) atoms. The van der Waals surface area contributed by atoms with E-state index in [4.69, 9.17) is 9.40 Å². The highest BCUT2D eigenvalue weighted by atomic mass is 32.2. The van der Waals surface area contributed by atoms with Gasteiger partial charge in [0.25, 0.3) is 5.56 Å². The van der Waals surface area contributed by atoms with Gasteiger partial charge in [-0.2, -0.15) is 0 Å². The van der Waals surface area contributed by atoms with E-state index < -0.39 is 0 Å². The van der Waals surface area contributed by atoms with Crippen molar-refractivity contribution in [3.05, 3.63) is 45.2 Å². The number of rotatable bonds is 6. The molecule has 0 amide bonds. The zero-order valence-corrected chi connectivity index (χ0v) is 18.0. The molecule has 6 nitrogen and oxygen atoms in total. The summed E-state index contributed by atoms with van der Waals surface area (Å²) in [6.45, 7) is 10.5. The first-order chi connectivity index (χ1) is 13.5. The van der Waals surface area contributed by atoms with Crippen molar-refractivity contribution in [1.82, 2.24) is 19.7 Å². The lowest BCUT2D eigenvalue weighted by Gasteiger charge is -2.17. The van der Waals surface area contributed by atoms with E-state index in [1.54, 1.807) is 22.0 Å². The average Bonchev–Trinajstić information content (AvgIpc) is 3.26. The SMILES string of the molecule is C=CCn1c(SCc2nnc(C(C)C)o2)nc2sc3c(c2c1=O)CCC(C)C3. The van der Waals surface area contributed by atoms with Crippen molar-refractivity contribution in [2.75, 3.05) is 0 Å². The maximum atomic E-state index is 13.3. The smallest absolute Gasteiger partial charge is 0.263 e. The first kappa shape index (κ1) is 19.4. The van der Waals surface area contributed by atoms with E-state index in [1.165, 1.54) is 22.2 Å². The fourth-order valence-electron chi connectivity index (χ4n) is 3.49. The van der Waals surface area contributed by atoms with E-state index in [-0.39, 0.29) is 11.5 Å². The third-order valence-corrected chi connectivity index (χ3v) is 7.10. The molecule has 0 fully saturated rings. The maximum absolute atomic E-state index is 13.3. The van der Waals surface area contributed by atoms with Crippen molar-refractivity contribution in [3.63, 3.8) is 0 Å². The van der Waals surface area contributed by atoms with Crippen molar-refractivity contribution in [2.45, 2.75) is 63.4 Å². The quantitative estimate of drug-likeness (QED) is 0.333. The second-order valence-electron chi connectivity index (χ2n) is 7.61. The van der Waals surface area contributed by atoms with Crippen LogP contribution < -0.4 is 5.56 Å². The number of thiophene rings is 1. The lowest BCUT2D eigenvalue weighted by molar-refractivity contribution is 0.445. The second kappa shape index (κ2) is 7.83. The molecule has 0 N–H and O–H groups in total. The molecule has 1 aliphatic rings. The van der Waals surface area contributed by atoms with Crippen molar-refractivity contribution in [1.29, 1.82) is 0 Å². The van der Waals surface area contributed by atoms with Gasteiger partial charge in [0, 0.05) is 17.3 Å². The molecule has 1 unspecified atom stereocenters. The number of hydrogen-bond acceptors (Lipinski definition) is 7. The fraction of sp³-hybridized carbons (Fsp3) is 0.500. The number of nitrogens with zero attached hydrogens (tertiary/aromatic N) is 4. The predicted octanol–water partition coefficient (Wildman–Crippen LogP) is 4.57. The summed E-state index contributed by atoms with van der Waals surface area (Å²) in [6, 6.07) is 0. The van der Waals surface area contributed by atoms with Gasteiger partial charge in [-0.1, -0.05) is 38.6 Å². The fourth-order valence-corrected chi connectivity index (χ4v) is 5.76. The summed E-state index contributed by atoms with van der Waals surface area (Å²) in [5, 5.41) is 9.65. The van der Waals surface area contributed by atoms with E-state index in [1.807, 2.05) is 13.8 Å². The maximum Gasteiger partial charge on any atom is 0.263 e. The first-order valence-electron chi connectivity index (χ1n) is 9.59. The molecule has 0 saturated heterocycles. The highest BCUT2D eigenvalue weighted by molar-refractivity contribution is 7.98. The number of fused-ring (bicyclic) bond motifs is 3. The van der Waals surface area contributed by atoms with Crippen LogP contribution in [-0.2, 0) is 25.1 Å². The summed E-state index contributed by atoms with van der Waals surface area (Å²) in [7, 11) is 0. The molecule has 8 heteroatoms. The number of aromatic nitrogens is 4. The summed E-state index contributed by atoms with van der Waals surface area (Å²) in [6.07, 6.45) is 4.88. The Morgan fingerprint density at radius 2 is 2.25 bits per heavy atom. The van der Waals surface area contributed by atoms with E-state index in [2.05, 4.69) is 23.7 Å². The molecule has 0 radical (unpaired) electrons. The first-order valence-corrected chi connectivity index (χ1v) is 11.4. The molecule has 148 valence electrons. The number of thioether (sulfide) groups is 1. The minimum Gasteiger partial charge on any atom is -0.424 e. The van der Waals surface area contributed by atoms with Gasteiger partial charge in [-0.05, 0) is 30.7 Å². The van der Waals surface area contributed by atoms with Crippen LogP contribution in [0.15, 0.2) is 27.0 Å². The van der Waals surface area contributed by atoms with E-state index in [0.29, 0.717) is 35.2 Å². The minimum atomic E-state index is 0.0350. The molecular weight excluding hydrogens is 392 g/mol. The summed E-state index contributed by atoms with van der Waals surface area (Å²) in [4.78, 5) is 20.3. The Balaban J connectivity index is 1.71. The van der Waals surface area contributed by atoms with Crippen LogP contribution in [0.25, 0.3) is 10.2 Å². The Hall–Kier alpha value is -1.93. The molecule has 3 heterocycles. The van der Waals surface area contributed by atoms with E-state index in [0.717, 1.165) is 29.5 Å². The van der Waals surface area contributed by atoms with Crippen LogP contribution in [0.3, 0.4) is 0 Å². The van der Waals surface area contributed by atoms with Crippen LogP contribution in [0.4, 0.5) is 0 Å². The monoisotopic (exact) mass is 416 g/mol. The van der Waals surface area contributed by atoms with Crippen LogP contribution in [0.1, 0.15) is 55.3 Å². The largest absolute Gasteiger partial charge is 0.424 e. The van der Waals surface area contributed by atoms with Gasteiger partial charge in [-0.15, -0.1) is 28.1 Å². The Kier molecular flexibility index (Phi) is 5.42. The summed E-state index contributed by atoms with van der Waals surface area (Å²) < 4.78 is 7.40. The lowest BCUT2D eigenvalue weighted by atomic mass is 9.89. The van der Waals surface area contributed by atoms with Crippen molar-refractivity contribution < 1.29 is 4.42 Å². The van der Waals surface area contributed by atoms with Gasteiger partial charge in [0.1, 0.15) is 4.83 Å². The van der Waals surface area contributed by atoms with Gasteiger partial charge in [-0.3, -0.25) is 9.36 Å². The zero-order valence-electron chi connectivity index (χ0n) is 16.4. The summed E-state index contributed by atoms with van der Waals surface area (Å²) in [5.41, 5.74) is 1.25.